The van der Waals surface area contributed by atoms with Crippen LogP contribution in [-0.2, 0) is 4.79 Å². The van der Waals surface area contributed by atoms with Crippen LogP contribution in [0.5, 0.6) is 0 Å². The zero-order chi connectivity index (χ0) is 14.3. The highest BCUT2D eigenvalue weighted by atomic mass is 16.4. The molecule has 5 nitrogen and oxygen atoms in total. The Balaban J connectivity index is 4.25. The van der Waals surface area contributed by atoms with Gasteiger partial charge in [0.2, 0.25) is 0 Å². The van der Waals surface area contributed by atoms with E-state index in [-0.39, 0.29) is 18.0 Å². The summed E-state index contributed by atoms with van der Waals surface area (Å²) < 4.78 is 0. The summed E-state index contributed by atoms with van der Waals surface area (Å²) in [5.41, 5.74) is -0.104. The number of hydrogen-bond acceptors (Lipinski definition) is 2. The largest absolute Gasteiger partial charge is 0.481 e. The number of hydrogen-bond donors (Lipinski definition) is 3. The van der Waals surface area contributed by atoms with Crippen molar-refractivity contribution in [3.8, 4) is 12.3 Å². The maximum atomic E-state index is 11.4. The Hall–Kier alpha value is -1.70. The van der Waals surface area contributed by atoms with Crippen LogP contribution in [0.1, 0.15) is 34.1 Å². The predicted molar refractivity (Wildman–Crippen MR) is 70.0 cm³/mol. The van der Waals surface area contributed by atoms with Crippen LogP contribution in [0, 0.1) is 23.7 Å². The molecular weight excluding hydrogens is 232 g/mol. The highest BCUT2D eigenvalue weighted by Crippen LogP contribution is 2.24. The summed E-state index contributed by atoms with van der Waals surface area (Å²) in [5.74, 6) is 0.849. The number of carbonyl (C=O) groups excluding carboxylic acids is 1. The third-order valence-corrected chi connectivity index (χ3v) is 2.31. The number of carbonyl (C=O) groups is 2. The predicted octanol–water partition coefficient (Wildman–Crippen LogP) is 1.44. The van der Waals surface area contributed by atoms with Crippen LogP contribution in [0.2, 0.25) is 0 Å². The Labute approximate surface area is 108 Å². The molecule has 18 heavy (non-hydrogen) atoms. The number of carboxylic acids is 1. The first-order valence-corrected chi connectivity index (χ1v) is 5.89. The van der Waals surface area contributed by atoms with Crippen LogP contribution < -0.4 is 10.6 Å². The van der Waals surface area contributed by atoms with Crippen molar-refractivity contribution >= 4 is 12.0 Å². The second-order valence-corrected chi connectivity index (χ2v) is 5.54. The van der Waals surface area contributed by atoms with Crippen molar-refractivity contribution in [2.45, 2.75) is 40.2 Å². The molecule has 0 radical (unpaired) electrons. The third-order valence-electron chi connectivity index (χ3n) is 2.31. The van der Waals surface area contributed by atoms with Gasteiger partial charge in [0, 0.05) is 6.54 Å². The lowest BCUT2D eigenvalue weighted by atomic mass is 9.84. The van der Waals surface area contributed by atoms with Crippen LogP contribution in [0.3, 0.4) is 0 Å². The van der Waals surface area contributed by atoms with Gasteiger partial charge < -0.3 is 15.7 Å². The van der Waals surface area contributed by atoms with Crippen LogP contribution in [0.25, 0.3) is 0 Å². The van der Waals surface area contributed by atoms with E-state index in [1.807, 2.05) is 20.8 Å². The summed E-state index contributed by atoms with van der Waals surface area (Å²) >= 11 is 0. The van der Waals surface area contributed by atoms with Gasteiger partial charge in [0.1, 0.15) is 0 Å². The maximum Gasteiger partial charge on any atom is 0.315 e. The Morgan fingerprint density at radius 2 is 1.94 bits per heavy atom. The minimum Gasteiger partial charge on any atom is -0.481 e. The molecule has 0 saturated carbocycles. The van der Waals surface area contributed by atoms with E-state index >= 15 is 0 Å². The molecule has 5 heteroatoms. The standard InChI is InChI=1S/C13H22N2O3/c1-6-9(2)15-12(18)14-8-10(11(16)17)7-13(3,4)5/h1,9-10H,7-8H2,2-5H3,(H,16,17)(H2,14,15,18). The third kappa shape index (κ3) is 7.55. The molecule has 0 bridgehead atoms. The van der Waals surface area contributed by atoms with Gasteiger partial charge in [-0.05, 0) is 18.8 Å². The molecule has 2 atom stereocenters. The number of carboxylic acid groups (broad SMARTS) is 1. The number of rotatable bonds is 5. The van der Waals surface area contributed by atoms with E-state index in [1.165, 1.54) is 0 Å². The van der Waals surface area contributed by atoms with E-state index in [0.29, 0.717) is 6.42 Å². The lowest BCUT2D eigenvalue weighted by molar-refractivity contribution is -0.142. The molecule has 0 spiro atoms. The summed E-state index contributed by atoms with van der Waals surface area (Å²) in [6.07, 6.45) is 5.61. The first kappa shape index (κ1) is 16.3. The van der Waals surface area contributed by atoms with Crippen molar-refractivity contribution in [3.63, 3.8) is 0 Å². The number of amides is 2. The van der Waals surface area contributed by atoms with E-state index in [9.17, 15) is 9.59 Å². The number of urea groups is 1. The van der Waals surface area contributed by atoms with E-state index in [1.54, 1.807) is 6.92 Å². The fourth-order valence-corrected chi connectivity index (χ4v) is 1.49. The Morgan fingerprint density at radius 3 is 2.33 bits per heavy atom. The van der Waals surface area contributed by atoms with Crippen LogP contribution in [-0.4, -0.2) is 29.7 Å². The number of aliphatic carboxylic acids is 1. The quantitative estimate of drug-likeness (QED) is 0.650. The zero-order valence-corrected chi connectivity index (χ0v) is 11.4. The highest BCUT2D eigenvalue weighted by molar-refractivity contribution is 5.76. The topological polar surface area (TPSA) is 78.4 Å². The van der Waals surface area contributed by atoms with E-state index in [0.717, 1.165) is 0 Å². The van der Waals surface area contributed by atoms with Crippen molar-refractivity contribution < 1.29 is 14.7 Å². The van der Waals surface area contributed by atoms with Crippen LogP contribution in [0.15, 0.2) is 0 Å². The SMILES string of the molecule is C#CC(C)NC(=O)NCC(CC(C)(C)C)C(=O)O. The van der Waals surface area contributed by atoms with Gasteiger partial charge in [0.15, 0.2) is 0 Å². The first-order chi connectivity index (χ1) is 8.15. The van der Waals surface area contributed by atoms with Gasteiger partial charge in [-0.15, -0.1) is 6.42 Å². The Kier molecular flexibility index (Phi) is 6.24. The summed E-state index contributed by atoms with van der Waals surface area (Å²) in [7, 11) is 0. The van der Waals surface area contributed by atoms with Crippen molar-refractivity contribution in [3.05, 3.63) is 0 Å². The zero-order valence-electron chi connectivity index (χ0n) is 11.4. The molecule has 0 saturated heterocycles. The molecule has 0 aliphatic rings. The average molecular weight is 254 g/mol. The molecule has 0 aliphatic carbocycles. The fourth-order valence-electron chi connectivity index (χ4n) is 1.49. The normalized spacial score (nSPS) is 14.2. The summed E-state index contributed by atoms with van der Waals surface area (Å²) in [6.45, 7) is 7.65. The maximum absolute atomic E-state index is 11.4. The summed E-state index contributed by atoms with van der Waals surface area (Å²) in [4.78, 5) is 22.5. The second-order valence-electron chi connectivity index (χ2n) is 5.54. The van der Waals surface area contributed by atoms with Gasteiger partial charge in [0.25, 0.3) is 0 Å². The van der Waals surface area contributed by atoms with Gasteiger partial charge in [-0.3, -0.25) is 4.79 Å². The van der Waals surface area contributed by atoms with E-state index in [2.05, 4.69) is 16.6 Å². The molecular formula is C13H22N2O3. The molecule has 0 fully saturated rings. The lowest BCUT2D eigenvalue weighted by Gasteiger charge is -2.23. The lowest BCUT2D eigenvalue weighted by Crippen LogP contribution is -2.43. The molecule has 0 aromatic heterocycles. The molecule has 0 aliphatic heterocycles. The molecule has 3 N–H and O–H groups in total. The monoisotopic (exact) mass is 254 g/mol. The molecule has 0 rings (SSSR count). The second kappa shape index (κ2) is 6.90. The van der Waals surface area contributed by atoms with E-state index < -0.39 is 17.9 Å². The fraction of sp³-hybridized carbons (Fsp3) is 0.692. The van der Waals surface area contributed by atoms with Crippen molar-refractivity contribution in [1.29, 1.82) is 0 Å². The highest BCUT2D eigenvalue weighted by Gasteiger charge is 2.24. The van der Waals surface area contributed by atoms with Gasteiger partial charge in [0.05, 0.1) is 12.0 Å². The van der Waals surface area contributed by atoms with Crippen molar-refractivity contribution in [2.24, 2.45) is 11.3 Å². The van der Waals surface area contributed by atoms with Gasteiger partial charge in [-0.1, -0.05) is 26.7 Å². The van der Waals surface area contributed by atoms with Crippen molar-refractivity contribution in [1.82, 2.24) is 10.6 Å². The summed E-state index contributed by atoms with van der Waals surface area (Å²) in [6, 6.07) is -0.823. The minimum absolute atomic E-state index is 0.0930. The molecule has 0 aromatic carbocycles. The Bertz CT molecular complexity index is 339. The van der Waals surface area contributed by atoms with Crippen LogP contribution in [0.4, 0.5) is 4.79 Å². The smallest absolute Gasteiger partial charge is 0.315 e. The van der Waals surface area contributed by atoms with Crippen LogP contribution >= 0.6 is 0 Å². The number of terminal acetylenes is 1. The van der Waals surface area contributed by atoms with Gasteiger partial charge in [-0.25, -0.2) is 4.79 Å². The molecule has 102 valence electrons. The molecule has 2 unspecified atom stereocenters. The number of nitrogens with one attached hydrogen (secondary N) is 2. The average Bonchev–Trinajstić information content (AvgIpc) is 2.22. The first-order valence-electron chi connectivity index (χ1n) is 5.89. The van der Waals surface area contributed by atoms with Gasteiger partial charge in [-0.2, -0.15) is 0 Å². The summed E-state index contributed by atoms with van der Waals surface area (Å²) in [5, 5.41) is 14.1. The minimum atomic E-state index is -0.907. The Morgan fingerprint density at radius 1 is 1.39 bits per heavy atom. The van der Waals surface area contributed by atoms with Crippen molar-refractivity contribution in [2.75, 3.05) is 6.54 Å². The molecule has 0 aromatic rings. The van der Waals surface area contributed by atoms with E-state index in [4.69, 9.17) is 11.5 Å². The van der Waals surface area contributed by atoms with Gasteiger partial charge >= 0.3 is 12.0 Å². The molecule has 0 heterocycles. The molecule has 2 amide bonds.